The highest BCUT2D eigenvalue weighted by Gasteiger charge is 2.45. The Labute approximate surface area is 246 Å². The maximum atomic E-state index is 13.8. The van der Waals surface area contributed by atoms with Crippen molar-refractivity contribution in [1.82, 2.24) is 9.78 Å². The highest BCUT2D eigenvalue weighted by atomic mass is 32.2. The van der Waals surface area contributed by atoms with Gasteiger partial charge in [0.2, 0.25) is 5.78 Å². The van der Waals surface area contributed by atoms with Crippen LogP contribution in [0.5, 0.6) is 0 Å². The van der Waals surface area contributed by atoms with E-state index in [0.29, 0.717) is 28.0 Å². The number of aromatic nitrogens is 2. The quantitative estimate of drug-likeness (QED) is 0.180. The Balaban J connectivity index is 1.57. The van der Waals surface area contributed by atoms with Gasteiger partial charge in [-0.2, -0.15) is 5.10 Å². The third-order valence-electron chi connectivity index (χ3n) is 7.68. The van der Waals surface area contributed by atoms with E-state index in [-0.39, 0.29) is 11.5 Å². The number of hydrogen-bond acceptors (Lipinski definition) is 5. The molecule has 2 heterocycles. The van der Waals surface area contributed by atoms with Gasteiger partial charge in [-0.05, 0) is 36.1 Å². The van der Waals surface area contributed by atoms with Gasteiger partial charge in [-0.15, -0.1) is 0 Å². The van der Waals surface area contributed by atoms with Gasteiger partial charge in [0.15, 0.2) is 5.60 Å². The Morgan fingerprint density at radius 2 is 1.24 bits per heavy atom. The highest BCUT2D eigenvalue weighted by molar-refractivity contribution is 7.71. The molecule has 0 unspecified atom stereocenters. The van der Waals surface area contributed by atoms with Crippen molar-refractivity contribution in [2.45, 2.75) is 30.7 Å². The second-order valence-corrected chi connectivity index (χ2v) is 11.8. The predicted octanol–water partition coefficient (Wildman–Crippen LogP) is 6.08. The molecule has 0 saturated heterocycles. The molecule has 42 heavy (non-hydrogen) atoms. The van der Waals surface area contributed by atoms with Gasteiger partial charge in [-0.25, -0.2) is 8.42 Å². The summed E-state index contributed by atoms with van der Waals surface area (Å²) in [5, 5.41) is 4.93. The fourth-order valence-corrected chi connectivity index (χ4v) is 6.21. The third kappa shape index (κ3) is 4.76. The van der Waals surface area contributed by atoms with Crippen molar-refractivity contribution in [3.05, 3.63) is 161 Å². The van der Waals surface area contributed by atoms with Crippen molar-refractivity contribution in [2.75, 3.05) is 0 Å². The van der Waals surface area contributed by atoms with Gasteiger partial charge in [-0.1, -0.05) is 115 Å². The van der Waals surface area contributed by atoms with Crippen LogP contribution >= 0.6 is 0 Å². The zero-order valence-corrected chi connectivity index (χ0v) is 24.2. The van der Waals surface area contributed by atoms with E-state index in [1.54, 1.807) is 44.3 Å². The minimum Gasteiger partial charge on any atom is -0.478 e. The van der Waals surface area contributed by atoms with Crippen LogP contribution in [-0.4, -0.2) is 29.6 Å². The molecule has 0 N–H and O–H groups in total. The predicted molar refractivity (Wildman–Crippen MR) is 164 cm³/mol. The van der Waals surface area contributed by atoms with Crippen LogP contribution in [0.15, 0.2) is 128 Å². The molecule has 1 aliphatic rings. The molecule has 0 atom stereocenters. The first-order valence-corrected chi connectivity index (χ1v) is 15.1. The molecule has 0 spiro atoms. The Morgan fingerprint density at radius 3 is 1.71 bits per heavy atom. The Morgan fingerprint density at radius 1 is 0.738 bits per heavy atom. The number of nitrogens with zero attached hydrogens (tertiary/aromatic N) is 2. The van der Waals surface area contributed by atoms with Gasteiger partial charge in [0, 0.05) is 17.3 Å². The lowest BCUT2D eigenvalue weighted by atomic mass is 9.77. The molecule has 4 aromatic carbocycles. The van der Waals surface area contributed by atoms with Crippen molar-refractivity contribution in [1.29, 1.82) is 0 Å². The van der Waals surface area contributed by atoms with Crippen molar-refractivity contribution in [2.24, 2.45) is 0 Å². The van der Waals surface area contributed by atoms with Crippen molar-refractivity contribution in [3.63, 3.8) is 0 Å². The maximum absolute atomic E-state index is 13.8. The van der Waals surface area contributed by atoms with Gasteiger partial charge < -0.3 is 4.74 Å². The van der Waals surface area contributed by atoms with E-state index in [2.05, 4.69) is 36.4 Å². The fraction of sp³-hybridized carbons (Fsp3) is 0.143. The van der Waals surface area contributed by atoms with E-state index >= 15 is 0 Å². The number of Topliss-reactive ketones (excluding diaryl/α,β-unsaturated/α-hetero) is 1. The lowest BCUT2D eigenvalue weighted by molar-refractivity contribution is -0.125. The Kier molecular flexibility index (Phi) is 7.12. The lowest BCUT2D eigenvalue weighted by Crippen LogP contribution is -2.38. The van der Waals surface area contributed by atoms with Gasteiger partial charge in [-0.3, -0.25) is 9.48 Å². The zero-order chi connectivity index (χ0) is 29.3. The van der Waals surface area contributed by atoms with Crippen LogP contribution in [0.1, 0.15) is 47.2 Å². The van der Waals surface area contributed by atoms with E-state index in [1.807, 2.05) is 65.5 Å². The summed E-state index contributed by atoms with van der Waals surface area (Å²) in [6.45, 7) is 3.51. The summed E-state index contributed by atoms with van der Waals surface area (Å²) in [5.74, 6) is 0.265. The first-order valence-electron chi connectivity index (χ1n) is 13.7. The zero-order valence-electron chi connectivity index (χ0n) is 23.3. The van der Waals surface area contributed by atoms with Crippen molar-refractivity contribution < 1.29 is 17.9 Å². The number of benzene rings is 4. The molecule has 1 aromatic heterocycles. The molecule has 0 aliphatic carbocycles. The molecule has 5 aromatic rings. The monoisotopic (exact) mass is 574 g/mol. The minimum absolute atomic E-state index is 0.0416. The molecule has 0 saturated carbocycles. The van der Waals surface area contributed by atoms with Gasteiger partial charge in [0.1, 0.15) is 22.0 Å². The number of hydrogen-bond donors (Lipinski definition) is 1. The van der Waals surface area contributed by atoms with Crippen LogP contribution in [0.3, 0.4) is 0 Å². The average Bonchev–Trinajstić information content (AvgIpc) is 3.57. The van der Waals surface area contributed by atoms with Gasteiger partial charge >= 0.3 is 0 Å². The Bertz CT molecular complexity index is 1740. The first kappa shape index (κ1) is 27.4. The largest absolute Gasteiger partial charge is 0.478 e. The normalized spacial score (nSPS) is 14.8. The molecule has 6 rings (SSSR count). The second kappa shape index (κ2) is 10.9. The average molecular weight is 575 g/mol. The maximum Gasteiger partial charge on any atom is 0.210 e. The van der Waals surface area contributed by atoms with E-state index in [4.69, 9.17) is 9.84 Å². The van der Waals surface area contributed by atoms with Crippen LogP contribution in [0.2, 0.25) is 0 Å². The van der Waals surface area contributed by atoms with Crippen LogP contribution in [0.4, 0.5) is 0 Å². The van der Waals surface area contributed by atoms with E-state index in [1.165, 1.54) is 0 Å². The summed E-state index contributed by atoms with van der Waals surface area (Å²) < 4.78 is 30.6. The summed E-state index contributed by atoms with van der Waals surface area (Å²) in [7, 11) is -2.54. The van der Waals surface area contributed by atoms with Gasteiger partial charge in [0.25, 0.3) is 0 Å². The van der Waals surface area contributed by atoms with Crippen LogP contribution in [0, 0.1) is 0 Å². The number of carbonyl (C=O) groups excluding carboxylic acids is 1. The van der Waals surface area contributed by atoms with E-state index in [0.717, 1.165) is 16.7 Å². The summed E-state index contributed by atoms with van der Waals surface area (Å²) in [6.07, 6.45) is 3.64. The van der Waals surface area contributed by atoms with E-state index in [9.17, 15) is 13.2 Å². The summed E-state index contributed by atoms with van der Waals surface area (Å²) >= 11 is 0. The number of ketones is 1. The molecule has 6 nitrogen and oxygen atoms in total. The lowest BCUT2D eigenvalue weighted by Gasteiger charge is -2.36. The molecule has 0 bridgehead atoms. The topological polar surface area (TPSA) is 78.3 Å². The smallest absolute Gasteiger partial charge is 0.210 e. The fourth-order valence-electron chi connectivity index (χ4n) is 5.70. The molecule has 0 fully saturated rings. The molecular weight excluding hydrogens is 544 g/mol. The van der Waals surface area contributed by atoms with Gasteiger partial charge in [0.05, 0.1) is 17.5 Å². The van der Waals surface area contributed by atoms with Crippen molar-refractivity contribution >= 4 is 27.8 Å². The highest BCUT2D eigenvalue weighted by Crippen LogP contribution is 2.44. The third-order valence-corrected chi connectivity index (χ3v) is 8.30. The molecular formula is C35H30N2O4S. The SMILES string of the molecule is CC1(C)OC(c2ccc(C[SH](=O)=O)cc2)=C(c2cnn(C(c3ccccc3)(c3ccccc3)c3ccccc3)c2)C1=O. The minimum atomic E-state index is -2.54. The number of thiol groups is 1. The molecule has 1 aliphatic heterocycles. The summed E-state index contributed by atoms with van der Waals surface area (Å²) in [4.78, 5) is 13.8. The van der Waals surface area contributed by atoms with Crippen LogP contribution in [-0.2, 0) is 31.5 Å². The Hall–Kier alpha value is -4.75. The number of ether oxygens (including phenoxy) is 1. The standard InChI is InChI=1S/C35H30N2O4S/c1-34(2)33(38)31(32(41-34)26-20-18-25(19-21-26)24-42(39)40)27-22-36-37(23-27)35(28-12-6-3-7-13-28,29-14-8-4-9-15-29)30-16-10-5-11-17-30/h3-23,42H,24H2,1-2H3. The van der Waals surface area contributed by atoms with E-state index < -0.39 is 21.8 Å². The van der Waals surface area contributed by atoms with Crippen LogP contribution in [0.25, 0.3) is 11.3 Å². The molecule has 210 valence electrons. The second-order valence-electron chi connectivity index (χ2n) is 10.8. The van der Waals surface area contributed by atoms with Crippen LogP contribution < -0.4 is 0 Å². The summed E-state index contributed by atoms with van der Waals surface area (Å²) in [6, 6.07) is 37.7. The molecule has 0 radical (unpaired) electrons. The summed E-state index contributed by atoms with van der Waals surface area (Å²) in [5.41, 5.74) is 3.62. The molecule has 7 heteroatoms. The number of rotatable bonds is 8. The molecule has 0 amide bonds. The van der Waals surface area contributed by atoms with Crippen molar-refractivity contribution in [3.8, 4) is 0 Å². The number of carbonyl (C=O) groups is 1. The first-order chi connectivity index (χ1) is 20.3.